The molecule has 1 fully saturated rings. The van der Waals surface area contributed by atoms with Crippen LogP contribution in [0.15, 0.2) is 60.8 Å². The minimum atomic E-state index is -0.0367. The molecule has 2 aromatic heterocycles. The fourth-order valence-electron chi connectivity index (χ4n) is 3.50. The maximum Gasteiger partial charge on any atom is 0.253 e. The van der Waals surface area contributed by atoms with Crippen molar-refractivity contribution < 1.29 is 4.79 Å². The number of nitrogens with one attached hydrogen (secondary N) is 3. The first-order chi connectivity index (χ1) is 15.2. The van der Waals surface area contributed by atoms with Crippen molar-refractivity contribution in [2.45, 2.75) is 25.8 Å². The molecule has 2 heterocycles. The summed E-state index contributed by atoms with van der Waals surface area (Å²) in [5.74, 6) is -0.0367. The zero-order valence-electron chi connectivity index (χ0n) is 17.2. The first-order valence-corrected chi connectivity index (χ1v) is 10.4. The number of amides is 1. The van der Waals surface area contributed by atoms with Gasteiger partial charge in [0.05, 0.1) is 28.2 Å². The number of anilines is 2. The molecule has 0 saturated heterocycles. The number of hydrogen-bond acceptors (Lipinski definition) is 4. The maximum atomic E-state index is 12.6. The van der Waals surface area contributed by atoms with E-state index in [2.05, 4.69) is 25.8 Å². The molecule has 2 aromatic carbocycles. The van der Waals surface area contributed by atoms with Crippen LogP contribution in [0.4, 0.5) is 11.4 Å². The number of nitrogens with zero attached hydrogens (tertiary/aromatic N) is 2. The van der Waals surface area contributed by atoms with Gasteiger partial charge in [0.15, 0.2) is 0 Å². The summed E-state index contributed by atoms with van der Waals surface area (Å²) in [5.41, 5.74) is 6.16. The number of hydrogen-bond donors (Lipinski definition) is 3. The van der Waals surface area contributed by atoms with Crippen molar-refractivity contribution in [2.75, 3.05) is 5.32 Å². The number of H-pyrrole nitrogens is 1. The minimum Gasteiger partial charge on any atom is -0.355 e. The average molecular weight is 409 g/mol. The van der Waals surface area contributed by atoms with Crippen LogP contribution in [0.1, 0.15) is 40.2 Å². The normalized spacial score (nSPS) is 13.6. The van der Waals surface area contributed by atoms with Crippen molar-refractivity contribution in [3.05, 3.63) is 83.3 Å². The summed E-state index contributed by atoms with van der Waals surface area (Å²) < 4.78 is 0. The molecular weight excluding hydrogens is 386 g/mol. The largest absolute Gasteiger partial charge is 0.355 e. The third-order valence-corrected chi connectivity index (χ3v) is 5.30. The highest BCUT2D eigenvalue weighted by atomic mass is 16.1. The zero-order valence-corrected chi connectivity index (χ0v) is 17.2. The number of carbonyl (C=O) groups excluding carboxylic acids is 1. The number of pyridine rings is 1. The van der Waals surface area contributed by atoms with Crippen LogP contribution in [0.25, 0.3) is 23.1 Å². The van der Waals surface area contributed by atoms with Crippen LogP contribution in [0.2, 0.25) is 0 Å². The van der Waals surface area contributed by atoms with Crippen LogP contribution in [0.3, 0.4) is 0 Å². The summed E-state index contributed by atoms with van der Waals surface area (Å²) in [5, 5.41) is 15.0. The van der Waals surface area contributed by atoms with Crippen molar-refractivity contribution in [2.24, 2.45) is 0 Å². The third-order valence-electron chi connectivity index (χ3n) is 5.30. The van der Waals surface area contributed by atoms with Crippen molar-refractivity contribution >= 4 is 40.3 Å². The Labute approximate surface area is 180 Å². The number of benzene rings is 2. The molecule has 154 valence electrons. The highest BCUT2D eigenvalue weighted by Gasteiger charge is 2.24. The van der Waals surface area contributed by atoms with Gasteiger partial charge in [0.25, 0.3) is 5.91 Å². The summed E-state index contributed by atoms with van der Waals surface area (Å²) in [6.07, 6.45) is 7.86. The van der Waals surface area contributed by atoms with Gasteiger partial charge in [-0.15, -0.1) is 0 Å². The van der Waals surface area contributed by atoms with Gasteiger partial charge in [-0.3, -0.25) is 14.9 Å². The topological polar surface area (TPSA) is 82.7 Å². The Hall–Kier alpha value is -3.93. The lowest BCUT2D eigenvalue weighted by atomic mass is 10.1. The van der Waals surface area contributed by atoms with Crippen molar-refractivity contribution in [3.8, 4) is 0 Å². The Morgan fingerprint density at radius 2 is 1.97 bits per heavy atom. The van der Waals surface area contributed by atoms with E-state index >= 15 is 0 Å². The van der Waals surface area contributed by atoms with Gasteiger partial charge in [-0.25, -0.2) is 0 Å². The first-order valence-electron chi connectivity index (χ1n) is 10.4. The van der Waals surface area contributed by atoms with E-state index in [1.807, 2.05) is 73.7 Å². The van der Waals surface area contributed by atoms with E-state index in [0.29, 0.717) is 11.6 Å². The van der Waals surface area contributed by atoms with Crippen LogP contribution >= 0.6 is 0 Å². The number of carbonyl (C=O) groups is 1. The summed E-state index contributed by atoms with van der Waals surface area (Å²) in [6, 6.07) is 17.9. The van der Waals surface area contributed by atoms with E-state index in [4.69, 9.17) is 0 Å². The van der Waals surface area contributed by atoms with E-state index in [1.54, 1.807) is 6.20 Å². The lowest BCUT2D eigenvalue weighted by Gasteiger charge is -2.12. The molecule has 3 N–H and O–H groups in total. The summed E-state index contributed by atoms with van der Waals surface area (Å²) in [6.45, 7) is 2.05. The highest BCUT2D eigenvalue weighted by Crippen LogP contribution is 2.27. The monoisotopic (exact) mass is 409 g/mol. The van der Waals surface area contributed by atoms with Gasteiger partial charge in [0.1, 0.15) is 0 Å². The quantitative estimate of drug-likeness (QED) is 0.415. The number of aromatic amines is 1. The molecule has 6 nitrogen and oxygen atoms in total. The molecule has 1 aliphatic carbocycles. The van der Waals surface area contributed by atoms with Crippen molar-refractivity contribution in [1.29, 1.82) is 0 Å². The van der Waals surface area contributed by atoms with Gasteiger partial charge in [-0.05, 0) is 79.9 Å². The molecule has 0 atom stereocenters. The predicted molar refractivity (Wildman–Crippen MR) is 124 cm³/mol. The molecular formula is C25H23N5O. The van der Waals surface area contributed by atoms with Crippen LogP contribution in [0, 0.1) is 6.92 Å². The second kappa shape index (κ2) is 8.07. The van der Waals surface area contributed by atoms with Crippen LogP contribution in [-0.2, 0) is 0 Å². The number of para-hydroxylation sites is 1. The Morgan fingerprint density at radius 3 is 2.81 bits per heavy atom. The van der Waals surface area contributed by atoms with Gasteiger partial charge in [0.2, 0.25) is 0 Å². The second-order valence-electron chi connectivity index (χ2n) is 7.88. The minimum absolute atomic E-state index is 0.0367. The Morgan fingerprint density at radius 1 is 1.10 bits per heavy atom. The molecule has 1 aliphatic rings. The molecule has 1 saturated carbocycles. The van der Waals surface area contributed by atoms with Gasteiger partial charge in [0, 0.05) is 23.3 Å². The van der Waals surface area contributed by atoms with Crippen molar-refractivity contribution in [1.82, 2.24) is 20.5 Å². The number of rotatable bonds is 6. The first kappa shape index (κ1) is 19.1. The molecule has 6 heteroatoms. The molecule has 0 unspecified atom stereocenters. The molecule has 1 amide bonds. The van der Waals surface area contributed by atoms with Gasteiger partial charge in [-0.2, -0.15) is 5.10 Å². The number of aryl methyl sites for hydroxylation is 1. The lowest BCUT2D eigenvalue weighted by Crippen LogP contribution is -2.26. The second-order valence-corrected chi connectivity index (χ2v) is 7.88. The van der Waals surface area contributed by atoms with Gasteiger partial charge >= 0.3 is 0 Å². The number of fused-ring (bicyclic) bond motifs is 1. The molecule has 4 aromatic rings. The SMILES string of the molecule is Cc1ccnc(C=Cc2n[nH]c3cc(Nc4ccccc4C(=O)NC4CC4)ccc23)c1. The molecule has 5 rings (SSSR count). The Balaban J connectivity index is 1.37. The van der Waals surface area contributed by atoms with E-state index in [1.165, 1.54) is 5.56 Å². The molecule has 0 spiro atoms. The summed E-state index contributed by atoms with van der Waals surface area (Å²) >= 11 is 0. The van der Waals surface area contributed by atoms with Gasteiger partial charge in [-0.1, -0.05) is 12.1 Å². The molecule has 0 radical (unpaired) electrons. The molecule has 31 heavy (non-hydrogen) atoms. The fourth-order valence-corrected chi connectivity index (χ4v) is 3.50. The molecule has 0 bridgehead atoms. The van der Waals surface area contributed by atoms with E-state index in [9.17, 15) is 4.79 Å². The Kier molecular flexibility index (Phi) is 4.96. The fraction of sp³-hybridized carbons (Fsp3) is 0.160. The third kappa shape index (κ3) is 4.33. The van der Waals surface area contributed by atoms with E-state index in [-0.39, 0.29) is 5.91 Å². The predicted octanol–water partition coefficient (Wildman–Crippen LogP) is 5.07. The number of aromatic nitrogens is 3. The smallest absolute Gasteiger partial charge is 0.253 e. The van der Waals surface area contributed by atoms with Crippen LogP contribution < -0.4 is 10.6 Å². The van der Waals surface area contributed by atoms with Crippen LogP contribution in [-0.4, -0.2) is 27.1 Å². The summed E-state index contributed by atoms with van der Waals surface area (Å²) in [4.78, 5) is 16.9. The summed E-state index contributed by atoms with van der Waals surface area (Å²) in [7, 11) is 0. The molecule has 0 aliphatic heterocycles. The Bertz CT molecular complexity index is 1290. The van der Waals surface area contributed by atoms with Gasteiger partial charge < -0.3 is 10.6 Å². The lowest BCUT2D eigenvalue weighted by molar-refractivity contribution is 0.0952. The van der Waals surface area contributed by atoms with E-state index < -0.39 is 0 Å². The van der Waals surface area contributed by atoms with Crippen LogP contribution in [0.5, 0.6) is 0 Å². The zero-order chi connectivity index (χ0) is 21.2. The maximum absolute atomic E-state index is 12.6. The van der Waals surface area contributed by atoms with E-state index in [0.717, 1.165) is 46.5 Å². The average Bonchev–Trinajstić information content (AvgIpc) is 3.50. The van der Waals surface area contributed by atoms with Crippen molar-refractivity contribution in [3.63, 3.8) is 0 Å². The highest BCUT2D eigenvalue weighted by molar-refractivity contribution is 6.01. The standard InChI is InChI=1S/C25H23N5O/c1-16-12-13-26-18(14-16)9-11-23-20-10-8-19(15-24(20)30-29-23)27-22-5-3-2-4-21(22)25(31)28-17-6-7-17/h2-5,8-15,17,27H,6-7H2,1H3,(H,28,31)(H,29,30).